The third kappa shape index (κ3) is 6.38. The van der Waals surface area contributed by atoms with Crippen LogP contribution in [0.3, 0.4) is 0 Å². The van der Waals surface area contributed by atoms with Crippen LogP contribution in [0.1, 0.15) is 43.6 Å². The fourth-order valence-electron chi connectivity index (χ4n) is 3.16. The molecule has 8 heteroatoms. The molecule has 1 fully saturated rings. The van der Waals surface area contributed by atoms with Gasteiger partial charge in [-0.1, -0.05) is 0 Å². The minimum absolute atomic E-state index is 0. The van der Waals surface area contributed by atoms with Gasteiger partial charge in [-0.2, -0.15) is 5.10 Å². The summed E-state index contributed by atoms with van der Waals surface area (Å²) < 4.78 is 7.25. The summed E-state index contributed by atoms with van der Waals surface area (Å²) in [6.45, 7) is 10.7. The first-order valence-corrected chi connectivity index (χ1v) is 9.18. The highest BCUT2D eigenvalue weighted by Gasteiger charge is 2.29. The number of aryl methyl sites for hydroxylation is 2. The summed E-state index contributed by atoms with van der Waals surface area (Å²) in [5.74, 6) is 0.745. The summed E-state index contributed by atoms with van der Waals surface area (Å²) in [5.41, 5.74) is 2.80. The van der Waals surface area contributed by atoms with E-state index in [2.05, 4.69) is 41.5 Å². The number of nitrogens with zero attached hydrogens (tertiary/aromatic N) is 3. The van der Waals surface area contributed by atoms with Gasteiger partial charge in [-0.25, -0.2) is 0 Å². The van der Waals surface area contributed by atoms with Crippen molar-refractivity contribution in [3.8, 4) is 0 Å². The highest BCUT2D eigenvalue weighted by Crippen LogP contribution is 2.20. The van der Waals surface area contributed by atoms with E-state index in [0.29, 0.717) is 32.6 Å². The van der Waals surface area contributed by atoms with Crippen LogP contribution in [0.2, 0.25) is 0 Å². The lowest BCUT2D eigenvalue weighted by molar-refractivity contribution is -0.0566. The number of nitrogens with one attached hydrogen (secondary N) is 2. The van der Waals surface area contributed by atoms with E-state index in [9.17, 15) is 5.11 Å². The van der Waals surface area contributed by atoms with Crippen LogP contribution in [0, 0.1) is 13.8 Å². The van der Waals surface area contributed by atoms with Crippen LogP contribution in [0.4, 0.5) is 0 Å². The maximum absolute atomic E-state index is 10.6. The van der Waals surface area contributed by atoms with Crippen molar-refractivity contribution in [2.24, 2.45) is 12.0 Å². The Bertz CT molecular complexity index is 597. The molecule has 1 saturated heterocycles. The van der Waals surface area contributed by atoms with Crippen LogP contribution in [0.5, 0.6) is 0 Å². The molecule has 1 aliphatic heterocycles. The molecule has 150 valence electrons. The molecule has 1 atom stereocenters. The van der Waals surface area contributed by atoms with Crippen molar-refractivity contribution in [1.29, 1.82) is 0 Å². The van der Waals surface area contributed by atoms with Gasteiger partial charge >= 0.3 is 0 Å². The van der Waals surface area contributed by atoms with Crippen molar-refractivity contribution >= 4 is 29.9 Å². The molecule has 7 nitrogen and oxygen atoms in total. The van der Waals surface area contributed by atoms with Gasteiger partial charge in [0.1, 0.15) is 0 Å². The quantitative estimate of drug-likeness (QED) is 0.329. The minimum Gasteiger partial charge on any atom is -0.388 e. The monoisotopic (exact) mass is 479 g/mol. The van der Waals surface area contributed by atoms with Crippen molar-refractivity contribution < 1.29 is 9.84 Å². The van der Waals surface area contributed by atoms with Crippen molar-refractivity contribution in [1.82, 2.24) is 20.4 Å². The van der Waals surface area contributed by atoms with Crippen molar-refractivity contribution in [3.05, 3.63) is 17.0 Å². The average molecular weight is 479 g/mol. The maximum Gasteiger partial charge on any atom is 0.191 e. The van der Waals surface area contributed by atoms with E-state index >= 15 is 0 Å². The second-order valence-corrected chi connectivity index (χ2v) is 7.05. The SMILES string of the molecule is CCNC(=NCC1(O)CCOCC1)NC(C)Cc1c(C)nn(C)c1C.I. The van der Waals surface area contributed by atoms with Crippen LogP contribution in [0.15, 0.2) is 4.99 Å². The standard InChI is InChI=1S/C18H33N5O2.HI/c1-6-19-17(20-12-18(24)7-9-25-10-8-18)21-13(2)11-16-14(3)22-23(5)15(16)4;/h13,24H,6-12H2,1-5H3,(H2,19,20,21);1H. The normalized spacial score (nSPS) is 18.2. The molecule has 26 heavy (non-hydrogen) atoms. The minimum atomic E-state index is -0.750. The zero-order valence-corrected chi connectivity index (χ0v) is 19.0. The molecule has 0 saturated carbocycles. The lowest BCUT2D eigenvalue weighted by atomic mass is 9.95. The van der Waals surface area contributed by atoms with E-state index in [1.807, 2.05) is 18.7 Å². The molecular formula is C18H34IN5O2. The lowest BCUT2D eigenvalue weighted by Crippen LogP contribution is -2.45. The molecule has 3 N–H and O–H groups in total. The molecule has 0 radical (unpaired) electrons. The van der Waals surface area contributed by atoms with Gasteiger partial charge in [-0.15, -0.1) is 24.0 Å². The van der Waals surface area contributed by atoms with E-state index in [4.69, 9.17) is 4.74 Å². The van der Waals surface area contributed by atoms with E-state index < -0.39 is 5.60 Å². The molecular weight excluding hydrogens is 445 g/mol. The number of guanidine groups is 1. The number of aliphatic imine (C=N–C) groups is 1. The highest BCUT2D eigenvalue weighted by atomic mass is 127. The molecule has 0 aliphatic carbocycles. The number of hydrogen-bond acceptors (Lipinski definition) is 4. The molecule has 2 rings (SSSR count). The third-order valence-electron chi connectivity index (χ3n) is 4.85. The Morgan fingerprint density at radius 3 is 2.58 bits per heavy atom. The molecule has 2 heterocycles. The molecule has 1 aromatic heterocycles. The van der Waals surface area contributed by atoms with E-state index in [1.54, 1.807) is 0 Å². The van der Waals surface area contributed by atoms with Crippen molar-refractivity contribution in [2.45, 2.75) is 58.6 Å². The van der Waals surface area contributed by atoms with Gasteiger partial charge in [0.05, 0.1) is 17.8 Å². The fraction of sp³-hybridized carbons (Fsp3) is 0.778. The van der Waals surface area contributed by atoms with Gasteiger partial charge in [0.15, 0.2) is 5.96 Å². The molecule has 0 aromatic carbocycles. The summed E-state index contributed by atoms with van der Waals surface area (Å²) in [5, 5.41) is 21.8. The molecule has 0 bridgehead atoms. The lowest BCUT2D eigenvalue weighted by Gasteiger charge is -2.30. The first-order valence-electron chi connectivity index (χ1n) is 9.18. The van der Waals surface area contributed by atoms with Gasteiger partial charge in [0, 0.05) is 51.4 Å². The van der Waals surface area contributed by atoms with E-state index in [0.717, 1.165) is 24.6 Å². The van der Waals surface area contributed by atoms with Crippen LogP contribution in [-0.4, -0.2) is 58.8 Å². The maximum atomic E-state index is 10.6. The Kier molecular flexibility index (Phi) is 9.32. The second-order valence-electron chi connectivity index (χ2n) is 7.05. The van der Waals surface area contributed by atoms with Gasteiger partial charge < -0.3 is 20.5 Å². The van der Waals surface area contributed by atoms with Crippen LogP contribution in [0.25, 0.3) is 0 Å². The van der Waals surface area contributed by atoms with Gasteiger partial charge in [-0.05, 0) is 39.7 Å². The number of aromatic nitrogens is 2. The first-order chi connectivity index (χ1) is 11.8. The predicted molar refractivity (Wildman–Crippen MR) is 115 cm³/mol. The summed E-state index contributed by atoms with van der Waals surface area (Å²) >= 11 is 0. The van der Waals surface area contributed by atoms with Crippen molar-refractivity contribution in [3.63, 3.8) is 0 Å². The summed E-state index contributed by atoms with van der Waals surface area (Å²) in [6.07, 6.45) is 2.16. The number of aliphatic hydroxyl groups is 1. The summed E-state index contributed by atoms with van der Waals surface area (Å²) in [6, 6.07) is 0.212. The molecule has 1 aromatic rings. The zero-order chi connectivity index (χ0) is 18.4. The Morgan fingerprint density at radius 1 is 1.38 bits per heavy atom. The smallest absolute Gasteiger partial charge is 0.191 e. The van der Waals surface area contributed by atoms with Crippen LogP contribution >= 0.6 is 24.0 Å². The second kappa shape index (κ2) is 10.5. The Morgan fingerprint density at radius 2 is 2.04 bits per heavy atom. The Hall–Kier alpha value is -0.870. The zero-order valence-electron chi connectivity index (χ0n) is 16.6. The number of rotatable bonds is 6. The number of hydrogen-bond donors (Lipinski definition) is 3. The molecule has 0 amide bonds. The van der Waals surface area contributed by atoms with E-state index in [-0.39, 0.29) is 30.0 Å². The molecule has 1 unspecified atom stereocenters. The Labute approximate surface area is 174 Å². The third-order valence-corrected chi connectivity index (χ3v) is 4.85. The van der Waals surface area contributed by atoms with Crippen LogP contribution in [-0.2, 0) is 18.2 Å². The van der Waals surface area contributed by atoms with Gasteiger partial charge in [-0.3, -0.25) is 9.67 Å². The number of halogens is 1. The fourth-order valence-corrected chi connectivity index (χ4v) is 3.16. The molecule has 0 spiro atoms. The highest BCUT2D eigenvalue weighted by molar-refractivity contribution is 14.0. The van der Waals surface area contributed by atoms with Gasteiger partial charge in [0.25, 0.3) is 0 Å². The number of ether oxygens (including phenoxy) is 1. The Balaban J connectivity index is 0.00000338. The molecule has 1 aliphatic rings. The largest absolute Gasteiger partial charge is 0.388 e. The summed E-state index contributed by atoms with van der Waals surface area (Å²) in [7, 11) is 1.98. The van der Waals surface area contributed by atoms with Crippen molar-refractivity contribution in [2.75, 3.05) is 26.3 Å². The van der Waals surface area contributed by atoms with Gasteiger partial charge in [0.2, 0.25) is 0 Å². The summed E-state index contributed by atoms with van der Waals surface area (Å²) in [4.78, 5) is 4.61. The average Bonchev–Trinajstić information content (AvgIpc) is 2.80. The van der Waals surface area contributed by atoms with E-state index in [1.165, 1.54) is 11.3 Å². The topological polar surface area (TPSA) is 83.7 Å². The predicted octanol–water partition coefficient (Wildman–Crippen LogP) is 1.68. The first kappa shape index (κ1) is 23.2. The van der Waals surface area contributed by atoms with Crippen LogP contribution < -0.4 is 10.6 Å².